The second-order valence-corrected chi connectivity index (χ2v) is 13.8. The van der Waals surface area contributed by atoms with Gasteiger partial charge in [0.25, 0.3) is 0 Å². The summed E-state index contributed by atoms with van der Waals surface area (Å²) in [6.45, 7) is 0. The first-order chi connectivity index (χ1) is 24.7. The largest absolute Gasteiger partial charge is 0.135 e. The van der Waals surface area contributed by atoms with Gasteiger partial charge in [0.1, 0.15) is 0 Å². The van der Waals surface area contributed by atoms with Crippen LogP contribution in [0.25, 0.3) is 97.0 Å². The quantitative estimate of drug-likeness (QED) is 0.168. The molecule has 0 saturated heterocycles. The molecule has 1 heterocycles. The molecule has 0 bridgehead atoms. The Balaban J connectivity index is 1.21. The van der Waals surface area contributed by atoms with E-state index in [-0.39, 0.29) is 0 Å². The van der Waals surface area contributed by atoms with Gasteiger partial charge in [-0.1, -0.05) is 152 Å². The Hall–Kier alpha value is -6.02. The molecule has 0 saturated carbocycles. The predicted molar refractivity (Wildman–Crippen MR) is 214 cm³/mol. The normalized spacial score (nSPS) is 12.0. The van der Waals surface area contributed by atoms with Crippen molar-refractivity contribution in [1.29, 1.82) is 0 Å². The van der Waals surface area contributed by atoms with Crippen molar-refractivity contribution in [2.45, 2.75) is 0 Å². The van der Waals surface area contributed by atoms with Gasteiger partial charge < -0.3 is 0 Å². The highest BCUT2D eigenvalue weighted by Gasteiger charge is 2.18. The molecule has 0 spiro atoms. The number of hydrogen-bond acceptors (Lipinski definition) is 1. The first-order valence-corrected chi connectivity index (χ1v) is 17.6. The summed E-state index contributed by atoms with van der Waals surface area (Å²) in [6, 6.07) is 64.2. The molecule has 0 fully saturated rings. The van der Waals surface area contributed by atoms with Crippen molar-refractivity contribution in [3.63, 3.8) is 0 Å². The number of rotatable bonds is 4. The minimum Gasteiger partial charge on any atom is -0.135 e. The van der Waals surface area contributed by atoms with Crippen LogP contribution in [-0.2, 0) is 0 Å². The van der Waals surface area contributed by atoms with E-state index in [0.717, 1.165) is 10.8 Å². The van der Waals surface area contributed by atoms with E-state index >= 15 is 0 Å². The third kappa shape index (κ3) is 4.58. The molecule has 0 radical (unpaired) electrons. The van der Waals surface area contributed by atoms with Crippen LogP contribution >= 0.6 is 11.3 Å². The lowest BCUT2D eigenvalue weighted by Gasteiger charge is -2.18. The van der Waals surface area contributed by atoms with Gasteiger partial charge in [-0.05, 0) is 102 Å². The molecule has 0 atom stereocenters. The molecule has 0 unspecified atom stereocenters. The molecule has 0 aliphatic rings. The van der Waals surface area contributed by atoms with Crippen molar-refractivity contribution in [2.75, 3.05) is 0 Å². The lowest BCUT2D eigenvalue weighted by Crippen LogP contribution is -1.91. The molecule has 0 N–H and O–H groups in total. The Labute approximate surface area is 290 Å². The first-order valence-electron chi connectivity index (χ1n) is 17.3. The fourth-order valence-electron chi connectivity index (χ4n) is 7.71. The minimum atomic E-state index is 0.535. The van der Waals surface area contributed by atoms with E-state index in [2.05, 4.69) is 164 Å². The van der Waals surface area contributed by atoms with Gasteiger partial charge >= 0.3 is 0 Å². The van der Waals surface area contributed by atoms with Gasteiger partial charge in [-0.2, -0.15) is 0 Å². The zero-order chi connectivity index (χ0) is 33.2. The van der Waals surface area contributed by atoms with E-state index in [1.165, 1.54) is 86.2 Å². The molecular formula is C48H30S. The SMILES string of the molecule is [2H]c1ccc2cc(-c3c4ccccc4c(-c4cccc(-c5cc(-c6ccccc6)c6sc7ccccc7c6c5)c4)c4ccccc34)ccc2c1. The number of hydrogen-bond donors (Lipinski definition) is 0. The minimum absolute atomic E-state index is 0.535. The average molecular weight is 640 g/mol. The summed E-state index contributed by atoms with van der Waals surface area (Å²) in [5, 5.41) is 9.81. The van der Waals surface area contributed by atoms with Crippen molar-refractivity contribution in [3.05, 3.63) is 182 Å². The Kier molecular flexibility index (Phi) is 6.22. The topological polar surface area (TPSA) is 0 Å². The van der Waals surface area contributed by atoms with Crippen LogP contribution in [0.5, 0.6) is 0 Å². The fourth-order valence-corrected chi connectivity index (χ4v) is 8.93. The van der Waals surface area contributed by atoms with Crippen LogP contribution in [0.4, 0.5) is 0 Å². The highest BCUT2D eigenvalue weighted by molar-refractivity contribution is 7.26. The predicted octanol–water partition coefficient (Wildman–Crippen LogP) is 14.2. The molecule has 10 aromatic rings. The highest BCUT2D eigenvalue weighted by Crippen LogP contribution is 2.46. The van der Waals surface area contributed by atoms with Gasteiger partial charge in [-0.15, -0.1) is 11.3 Å². The molecule has 228 valence electrons. The van der Waals surface area contributed by atoms with Gasteiger partial charge in [0.05, 0.1) is 1.37 Å². The average Bonchev–Trinajstić information content (AvgIpc) is 3.55. The smallest absolute Gasteiger partial charge is 0.0623 e. The van der Waals surface area contributed by atoms with Crippen molar-refractivity contribution in [2.24, 2.45) is 0 Å². The monoisotopic (exact) mass is 639 g/mol. The van der Waals surface area contributed by atoms with Crippen molar-refractivity contribution in [1.82, 2.24) is 0 Å². The van der Waals surface area contributed by atoms with Gasteiger partial charge in [-0.25, -0.2) is 0 Å². The number of fused-ring (bicyclic) bond motifs is 6. The Morgan fingerprint density at radius 3 is 1.69 bits per heavy atom. The second kappa shape index (κ2) is 11.3. The molecule has 0 nitrogen and oxygen atoms in total. The maximum absolute atomic E-state index is 8.10. The zero-order valence-corrected chi connectivity index (χ0v) is 27.5. The molecule has 10 rings (SSSR count). The summed E-state index contributed by atoms with van der Waals surface area (Å²) in [5.74, 6) is 0. The van der Waals surface area contributed by atoms with E-state index in [9.17, 15) is 0 Å². The Morgan fingerprint density at radius 2 is 0.959 bits per heavy atom. The van der Waals surface area contributed by atoms with Crippen LogP contribution < -0.4 is 0 Å². The summed E-state index contributed by atoms with van der Waals surface area (Å²) in [6.07, 6.45) is 0. The van der Waals surface area contributed by atoms with Crippen molar-refractivity contribution < 1.29 is 1.37 Å². The summed E-state index contributed by atoms with van der Waals surface area (Å²) in [5.41, 5.74) is 9.84. The third-order valence-corrected chi connectivity index (χ3v) is 11.2. The van der Waals surface area contributed by atoms with Crippen LogP contribution in [0.15, 0.2) is 182 Å². The van der Waals surface area contributed by atoms with E-state index in [1.807, 2.05) is 23.5 Å². The van der Waals surface area contributed by atoms with Crippen molar-refractivity contribution >= 4 is 63.8 Å². The molecule has 1 heteroatoms. The molecular weight excluding hydrogens is 609 g/mol. The summed E-state index contributed by atoms with van der Waals surface area (Å²) >= 11 is 1.88. The fraction of sp³-hybridized carbons (Fsp3) is 0. The van der Waals surface area contributed by atoms with E-state index in [1.54, 1.807) is 0 Å². The molecule has 0 aliphatic carbocycles. The molecule has 0 aliphatic heterocycles. The molecule has 9 aromatic carbocycles. The van der Waals surface area contributed by atoms with Crippen LogP contribution in [0.1, 0.15) is 1.37 Å². The Bertz CT molecular complexity index is 2880. The zero-order valence-electron chi connectivity index (χ0n) is 27.7. The second-order valence-electron chi connectivity index (χ2n) is 12.8. The summed E-state index contributed by atoms with van der Waals surface area (Å²) in [4.78, 5) is 0. The standard InChI is InChI=1S/C48H30S/c1-2-14-32(15-3-1)43-29-37(30-44-38-19-10-11-24-45(38)49-48(43)44)34-17-12-18-35(28-34)46-39-20-6-8-22-41(39)47(42-23-9-7-21-40(42)46)36-26-25-31-13-4-5-16-33(31)27-36/h1-30H/i4D. The Morgan fingerprint density at radius 1 is 0.347 bits per heavy atom. The molecule has 1 aromatic heterocycles. The highest BCUT2D eigenvalue weighted by atomic mass is 32.1. The van der Waals surface area contributed by atoms with Gasteiger partial charge in [0, 0.05) is 25.7 Å². The molecule has 49 heavy (non-hydrogen) atoms. The maximum Gasteiger partial charge on any atom is 0.0623 e. The lowest BCUT2D eigenvalue weighted by atomic mass is 9.85. The summed E-state index contributed by atoms with van der Waals surface area (Å²) in [7, 11) is 0. The third-order valence-electron chi connectivity index (χ3n) is 9.95. The van der Waals surface area contributed by atoms with E-state index < -0.39 is 0 Å². The van der Waals surface area contributed by atoms with Gasteiger partial charge in [0.2, 0.25) is 0 Å². The number of thiophene rings is 1. The molecule has 0 amide bonds. The maximum atomic E-state index is 8.10. The van der Waals surface area contributed by atoms with Crippen LogP contribution in [-0.4, -0.2) is 0 Å². The first kappa shape index (κ1) is 27.0. The van der Waals surface area contributed by atoms with E-state index in [4.69, 9.17) is 1.37 Å². The lowest BCUT2D eigenvalue weighted by molar-refractivity contribution is 1.62. The summed E-state index contributed by atoms with van der Waals surface area (Å²) < 4.78 is 10.7. The van der Waals surface area contributed by atoms with Crippen LogP contribution in [0.2, 0.25) is 0 Å². The van der Waals surface area contributed by atoms with Gasteiger partial charge in [-0.3, -0.25) is 0 Å². The number of benzene rings is 9. The van der Waals surface area contributed by atoms with Gasteiger partial charge in [0.15, 0.2) is 0 Å². The van der Waals surface area contributed by atoms with Crippen LogP contribution in [0.3, 0.4) is 0 Å². The van der Waals surface area contributed by atoms with Crippen molar-refractivity contribution in [3.8, 4) is 44.5 Å². The van der Waals surface area contributed by atoms with E-state index in [0.29, 0.717) is 6.04 Å². The van der Waals surface area contributed by atoms with Crippen LogP contribution in [0, 0.1) is 0 Å².